The summed E-state index contributed by atoms with van der Waals surface area (Å²) in [5.74, 6) is 2.79. The van der Waals surface area contributed by atoms with Crippen LogP contribution in [0, 0.1) is 12.3 Å². The average molecular weight is 298 g/mol. The zero-order chi connectivity index (χ0) is 14.7. The van der Waals surface area contributed by atoms with Gasteiger partial charge in [-0.25, -0.2) is 0 Å². The minimum absolute atomic E-state index is 0.419. The number of aryl methyl sites for hydroxylation is 1. The van der Waals surface area contributed by atoms with Crippen molar-refractivity contribution >= 4 is 16.5 Å². The Balaban J connectivity index is 1.72. The Kier molecular flexibility index (Phi) is 4.18. The van der Waals surface area contributed by atoms with Gasteiger partial charge in [0.05, 0.1) is 6.54 Å². The van der Waals surface area contributed by atoms with Crippen molar-refractivity contribution in [3.63, 3.8) is 0 Å². The third kappa shape index (κ3) is 3.07. The van der Waals surface area contributed by atoms with E-state index in [1.165, 1.54) is 22.5 Å². The van der Waals surface area contributed by atoms with Gasteiger partial charge in [-0.2, -0.15) is 0 Å². The van der Waals surface area contributed by atoms with E-state index >= 15 is 0 Å². The Labute approximate surface area is 129 Å². The molecule has 0 saturated carbocycles. The van der Waals surface area contributed by atoms with E-state index in [0.29, 0.717) is 17.7 Å². The summed E-state index contributed by atoms with van der Waals surface area (Å²) in [4.78, 5) is 2.36. The lowest BCUT2D eigenvalue weighted by atomic mass is 10.1. The molecule has 0 amide bonds. The van der Waals surface area contributed by atoms with Gasteiger partial charge in [0, 0.05) is 19.0 Å². The molecule has 1 atom stereocenters. The molecule has 3 rings (SSSR count). The second-order valence-corrected chi connectivity index (χ2v) is 6.31. The molecule has 0 bridgehead atoms. The van der Waals surface area contributed by atoms with Gasteiger partial charge < -0.3 is 5.73 Å². The largest absolute Gasteiger partial charge is 0.374 e. The number of nitrogens with zero attached hydrogens (tertiary/aromatic N) is 3. The SMILES string of the molecule is C#CCN(CCc1nnc(N)s1)C1CCc2ccccc21. The summed E-state index contributed by atoms with van der Waals surface area (Å²) in [5.41, 5.74) is 8.50. The molecular weight excluding hydrogens is 280 g/mol. The maximum atomic E-state index is 5.63. The van der Waals surface area contributed by atoms with Crippen molar-refractivity contribution < 1.29 is 0 Å². The maximum absolute atomic E-state index is 5.63. The fourth-order valence-electron chi connectivity index (χ4n) is 2.98. The molecule has 0 saturated heterocycles. The first-order valence-electron chi connectivity index (χ1n) is 7.11. The average Bonchev–Trinajstić information content (AvgIpc) is 3.10. The number of nitrogen functional groups attached to an aromatic ring is 1. The van der Waals surface area contributed by atoms with E-state index in [1.54, 1.807) is 0 Å². The van der Waals surface area contributed by atoms with Crippen LogP contribution < -0.4 is 5.73 Å². The van der Waals surface area contributed by atoms with Crippen LogP contribution in [0.25, 0.3) is 0 Å². The highest BCUT2D eigenvalue weighted by Gasteiger charge is 2.27. The lowest BCUT2D eigenvalue weighted by Gasteiger charge is -2.27. The van der Waals surface area contributed by atoms with Crippen LogP contribution in [-0.2, 0) is 12.8 Å². The number of aromatic nitrogens is 2. The van der Waals surface area contributed by atoms with E-state index in [4.69, 9.17) is 12.2 Å². The van der Waals surface area contributed by atoms with Gasteiger partial charge in [0.1, 0.15) is 5.01 Å². The minimum atomic E-state index is 0.419. The van der Waals surface area contributed by atoms with E-state index in [1.807, 2.05) is 0 Å². The quantitative estimate of drug-likeness (QED) is 0.861. The molecule has 0 aliphatic heterocycles. The molecule has 4 nitrogen and oxygen atoms in total. The Morgan fingerprint density at radius 1 is 1.38 bits per heavy atom. The molecule has 0 fully saturated rings. The van der Waals surface area contributed by atoms with Gasteiger partial charge in [-0.15, -0.1) is 16.6 Å². The number of hydrogen-bond acceptors (Lipinski definition) is 5. The number of rotatable bonds is 5. The van der Waals surface area contributed by atoms with Crippen molar-refractivity contribution in [2.75, 3.05) is 18.8 Å². The maximum Gasteiger partial charge on any atom is 0.203 e. The third-order valence-electron chi connectivity index (χ3n) is 3.93. The standard InChI is InChI=1S/C16H18N4S/c1-2-10-20(11-9-15-18-19-16(17)21-15)14-8-7-12-5-3-4-6-13(12)14/h1,3-6,14H,7-11H2,(H2,17,19). The fraction of sp³-hybridized carbons (Fsp3) is 0.375. The van der Waals surface area contributed by atoms with Crippen LogP contribution in [0.5, 0.6) is 0 Å². The zero-order valence-electron chi connectivity index (χ0n) is 11.8. The molecule has 1 aromatic heterocycles. The molecule has 0 radical (unpaired) electrons. The topological polar surface area (TPSA) is 55.0 Å². The molecule has 2 N–H and O–H groups in total. The van der Waals surface area contributed by atoms with Gasteiger partial charge in [-0.05, 0) is 24.0 Å². The van der Waals surface area contributed by atoms with Crippen molar-refractivity contribution in [1.82, 2.24) is 15.1 Å². The van der Waals surface area contributed by atoms with Crippen LogP contribution >= 0.6 is 11.3 Å². The molecule has 1 aromatic carbocycles. The van der Waals surface area contributed by atoms with E-state index in [9.17, 15) is 0 Å². The van der Waals surface area contributed by atoms with Crippen molar-refractivity contribution in [3.05, 3.63) is 40.4 Å². The molecule has 1 unspecified atom stereocenters. The Morgan fingerprint density at radius 3 is 3.00 bits per heavy atom. The smallest absolute Gasteiger partial charge is 0.203 e. The molecule has 0 spiro atoms. The monoisotopic (exact) mass is 298 g/mol. The van der Waals surface area contributed by atoms with Crippen LogP contribution in [0.3, 0.4) is 0 Å². The third-order valence-corrected chi connectivity index (χ3v) is 4.74. The van der Waals surface area contributed by atoms with Crippen LogP contribution in [0.4, 0.5) is 5.13 Å². The number of terminal acetylenes is 1. The summed E-state index contributed by atoms with van der Waals surface area (Å²) in [7, 11) is 0. The first-order valence-corrected chi connectivity index (χ1v) is 7.92. The Hall–Kier alpha value is -1.90. The molecular formula is C16H18N4S. The zero-order valence-corrected chi connectivity index (χ0v) is 12.6. The van der Waals surface area contributed by atoms with Crippen LogP contribution in [0.15, 0.2) is 24.3 Å². The van der Waals surface area contributed by atoms with Crippen LogP contribution in [0.1, 0.15) is 28.6 Å². The Morgan fingerprint density at radius 2 is 2.24 bits per heavy atom. The van der Waals surface area contributed by atoms with Crippen molar-refractivity contribution in [2.24, 2.45) is 0 Å². The second kappa shape index (κ2) is 6.25. The van der Waals surface area contributed by atoms with E-state index in [0.717, 1.165) is 30.8 Å². The van der Waals surface area contributed by atoms with Gasteiger partial charge in [0.15, 0.2) is 0 Å². The molecule has 1 aliphatic carbocycles. The predicted octanol–water partition coefficient (Wildman–Crippen LogP) is 2.29. The number of benzene rings is 1. The van der Waals surface area contributed by atoms with Gasteiger partial charge in [-0.3, -0.25) is 4.90 Å². The number of nitrogens with two attached hydrogens (primary N) is 1. The van der Waals surface area contributed by atoms with E-state index in [2.05, 4.69) is 45.3 Å². The molecule has 108 valence electrons. The van der Waals surface area contributed by atoms with Crippen molar-refractivity contribution in [3.8, 4) is 12.3 Å². The van der Waals surface area contributed by atoms with Gasteiger partial charge in [0.2, 0.25) is 5.13 Å². The summed E-state index contributed by atoms with van der Waals surface area (Å²) >= 11 is 1.45. The second-order valence-electron chi connectivity index (χ2n) is 5.21. The summed E-state index contributed by atoms with van der Waals surface area (Å²) in [5, 5.41) is 9.45. The fourth-order valence-corrected chi connectivity index (χ4v) is 3.58. The summed E-state index contributed by atoms with van der Waals surface area (Å²) in [6.45, 7) is 1.55. The van der Waals surface area contributed by atoms with E-state index in [-0.39, 0.29) is 0 Å². The highest BCUT2D eigenvalue weighted by molar-refractivity contribution is 7.15. The molecule has 1 heterocycles. The van der Waals surface area contributed by atoms with Crippen LogP contribution in [0.2, 0.25) is 0 Å². The van der Waals surface area contributed by atoms with Crippen LogP contribution in [-0.4, -0.2) is 28.2 Å². The number of hydrogen-bond donors (Lipinski definition) is 1. The van der Waals surface area contributed by atoms with Crippen molar-refractivity contribution in [1.29, 1.82) is 0 Å². The highest BCUT2D eigenvalue weighted by atomic mass is 32.1. The van der Waals surface area contributed by atoms with Gasteiger partial charge in [-0.1, -0.05) is 41.5 Å². The first kappa shape index (κ1) is 14.1. The highest BCUT2D eigenvalue weighted by Crippen LogP contribution is 2.35. The summed E-state index contributed by atoms with van der Waals surface area (Å²) in [6.07, 6.45) is 8.67. The summed E-state index contributed by atoms with van der Waals surface area (Å²) in [6, 6.07) is 9.07. The molecule has 2 aromatic rings. The molecule has 21 heavy (non-hydrogen) atoms. The minimum Gasteiger partial charge on any atom is -0.374 e. The Bertz CT molecular complexity index is 658. The van der Waals surface area contributed by atoms with E-state index < -0.39 is 0 Å². The van der Waals surface area contributed by atoms with Gasteiger partial charge >= 0.3 is 0 Å². The predicted molar refractivity (Wildman–Crippen MR) is 85.9 cm³/mol. The van der Waals surface area contributed by atoms with Crippen molar-refractivity contribution in [2.45, 2.75) is 25.3 Å². The lowest BCUT2D eigenvalue weighted by Crippen LogP contribution is -2.30. The normalized spacial score (nSPS) is 16.9. The number of anilines is 1. The molecule has 5 heteroatoms. The lowest BCUT2D eigenvalue weighted by molar-refractivity contribution is 0.224. The molecule has 1 aliphatic rings. The number of fused-ring (bicyclic) bond motifs is 1. The van der Waals surface area contributed by atoms with Gasteiger partial charge in [0.25, 0.3) is 0 Å². The summed E-state index contributed by atoms with van der Waals surface area (Å²) < 4.78 is 0. The first-order chi connectivity index (χ1) is 10.3.